The van der Waals surface area contributed by atoms with Gasteiger partial charge in [0.05, 0.1) is 25.2 Å². The maximum absolute atomic E-state index is 12.6. The lowest BCUT2D eigenvalue weighted by Crippen LogP contribution is -2.27. The van der Waals surface area contributed by atoms with Crippen LogP contribution in [0.15, 0.2) is 57.7 Å². The molecular formula is C25H22O6. The lowest BCUT2D eigenvalue weighted by molar-refractivity contribution is -0.135. The van der Waals surface area contributed by atoms with Crippen LogP contribution in [0.4, 0.5) is 0 Å². The van der Waals surface area contributed by atoms with Gasteiger partial charge >= 0.3 is 11.6 Å². The topological polar surface area (TPSA) is 75.0 Å². The minimum atomic E-state index is -0.484. The summed E-state index contributed by atoms with van der Waals surface area (Å²) in [6.45, 7) is 2.87. The Morgan fingerprint density at radius 2 is 1.94 bits per heavy atom. The second kappa shape index (κ2) is 7.95. The van der Waals surface area contributed by atoms with Crippen molar-refractivity contribution >= 4 is 5.97 Å². The molecule has 31 heavy (non-hydrogen) atoms. The third-order valence-electron chi connectivity index (χ3n) is 5.71. The van der Waals surface area contributed by atoms with E-state index in [2.05, 4.69) is 12.1 Å². The SMILES string of the molecule is Cc1cc2c(c(=O)o1)[C@@H](c1ccccc1OCCc1ccc3c(c1)CCO3)CC(=O)O2. The van der Waals surface area contributed by atoms with Gasteiger partial charge in [-0.3, -0.25) is 4.79 Å². The lowest BCUT2D eigenvalue weighted by atomic mass is 9.87. The van der Waals surface area contributed by atoms with E-state index in [-0.39, 0.29) is 18.1 Å². The van der Waals surface area contributed by atoms with Crippen molar-refractivity contribution in [1.29, 1.82) is 0 Å². The number of benzene rings is 2. The number of carbonyl (C=O) groups excluding carboxylic acids is 1. The minimum Gasteiger partial charge on any atom is -0.493 e. The van der Waals surface area contributed by atoms with E-state index in [9.17, 15) is 9.59 Å². The largest absolute Gasteiger partial charge is 0.493 e. The number of carbonyl (C=O) groups is 1. The van der Waals surface area contributed by atoms with E-state index < -0.39 is 11.5 Å². The Hall–Kier alpha value is -3.54. The van der Waals surface area contributed by atoms with Gasteiger partial charge in [0.15, 0.2) is 0 Å². The fraction of sp³-hybridized carbons (Fsp3) is 0.280. The van der Waals surface area contributed by atoms with E-state index in [1.165, 1.54) is 11.1 Å². The number of hydrogen-bond donors (Lipinski definition) is 0. The van der Waals surface area contributed by atoms with Gasteiger partial charge in [-0.1, -0.05) is 30.3 Å². The van der Waals surface area contributed by atoms with Gasteiger partial charge in [-0.05, 0) is 30.2 Å². The first-order valence-corrected chi connectivity index (χ1v) is 10.4. The zero-order chi connectivity index (χ0) is 21.4. The summed E-state index contributed by atoms with van der Waals surface area (Å²) in [6.07, 6.45) is 1.74. The summed E-state index contributed by atoms with van der Waals surface area (Å²) in [5, 5.41) is 0. The van der Waals surface area contributed by atoms with Crippen molar-refractivity contribution < 1.29 is 23.4 Å². The zero-order valence-electron chi connectivity index (χ0n) is 17.2. The predicted octanol–water partition coefficient (Wildman–Crippen LogP) is 3.95. The van der Waals surface area contributed by atoms with Crippen LogP contribution in [0, 0.1) is 6.92 Å². The van der Waals surface area contributed by atoms with Crippen LogP contribution in [0.3, 0.4) is 0 Å². The lowest BCUT2D eigenvalue weighted by Gasteiger charge is -2.25. The van der Waals surface area contributed by atoms with Crippen LogP contribution in [0.1, 0.15) is 40.4 Å². The Bertz CT molecular complexity index is 1210. The van der Waals surface area contributed by atoms with Crippen LogP contribution >= 0.6 is 0 Å². The summed E-state index contributed by atoms with van der Waals surface area (Å²) in [5.41, 5.74) is 3.07. The maximum Gasteiger partial charge on any atom is 0.343 e. The van der Waals surface area contributed by atoms with Crippen LogP contribution in [0.25, 0.3) is 0 Å². The van der Waals surface area contributed by atoms with Crippen molar-refractivity contribution in [1.82, 2.24) is 0 Å². The number of esters is 1. The van der Waals surface area contributed by atoms with Crippen molar-refractivity contribution in [2.24, 2.45) is 0 Å². The highest BCUT2D eigenvalue weighted by atomic mass is 16.5. The molecule has 6 heteroatoms. The summed E-state index contributed by atoms with van der Waals surface area (Å²) in [6, 6.07) is 15.3. The molecule has 3 heterocycles. The molecule has 0 N–H and O–H groups in total. The Kier molecular flexibility index (Phi) is 4.98. The molecule has 1 aromatic heterocycles. The van der Waals surface area contributed by atoms with Gasteiger partial charge in [0.1, 0.15) is 23.0 Å². The Morgan fingerprint density at radius 1 is 1.06 bits per heavy atom. The highest BCUT2D eigenvalue weighted by Crippen LogP contribution is 2.40. The van der Waals surface area contributed by atoms with Crippen LogP contribution in [0.5, 0.6) is 17.2 Å². The van der Waals surface area contributed by atoms with Gasteiger partial charge in [-0.2, -0.15) is 0 Å². The molecule has 2 aromatic carbocycles. The molecule has 1 atom stereocenters. The molecule has 158 valence electrons. The molecule has 3 aromatic rings. The molecule has 6 nitrogen and oxygen atoms in total. The number of aryl methyl sites for hydroxylation is 1. The Labute approximate surface area is 179 Å². The average molecular weight is 418 g/mol. The molecule has 0 amide bonds. The number of rotatable bonds is 5. The molecule has 0 saturated carbocycles. The fourth-order valence-electron chi connectivity index (χ4n) is 4.26. The highest BCUT2D eigenvalue weighted by molar-refractivity contribution is 5.77. The first kappa shape index (κ1) is 19.4. The van der Waals surface area contributed by atoms with E-state index in [1.54, 1.807) is 13.0 Å². The van der Waals surface area contributed by atoms with Crippen molar-refractivity contribution in [2.45, 2.75) is 32.1 Å². The summed E-state index contributed by atoms with van der Waals surface area (Å²) in [5.74, 6) is 1.44. The standard InChI is InChI=1S/C25H22O6/c1-15-12-22-24(25(27)30-15)19(14-23(26)31-22)18-4-2-3-5-21(18)29-10-8-16-6-7-20-17(13-16)9-11-28-20/h2-7,12-13,19H,8-11,14H2,1H3/t19-/m1/s1. The number of para-hydroxylation sites is 1. The second-order valence-electron chi connectivity index (χ2n) is 7.83. The quantitative estimate of drug-likeness (QED) is 0.584. The van der Waals surface area contributed by atoms with Crippen LogP contribution in [-0.2, 0) is 17.6 Å². The molecule has 0 spiro atoms. The van der Waals surface area contributed by atoms with Crippen molar-refractivity contribution in [2.75, 3.05) is 13.2 Å². The third-order valence-corrected chi connectivity index (χ3v) is 5.71. The fourth-order valence-corrected chi connectivity index (χ4v) is 4.26. The summed E-state index contributed by atoms with van der Waals surface area (Å²) in [7, 11) is 0. The average Bonchev–Trinajstić information content (AvgIpc) is 3.21. The molecule has 0 bridgehead atoms. The van der Waals surface area contributed by atoms with Gasteiger partial charge in [-0.25, -0.2) is 4.79 Å². The molecule has 0 unspecified atom stereocenters. The van der Waals surface area contributed by atoms with Gasteiger partial charge in [0, 0.05) is 30.4 Å². The number of ether oxygens (including phenoxy) is 3. The molecule has 0 radical (unpaired) electrons. The van der Waals surface area contributed by atoms with E-state index >= 15 is 0 Å². The summed E-state index contributed by atoms with van der Waals surface area (Å²) >= 11 is 0. The predicted molar refractivity (Wildman–Crippen MR) is 113 cm³/mol. The second-order valence-corrected chi connectivity index (χ2v) is 7.83. The van der Waals surface area contributed by atoms with Gasteiger partial charge < -0.3 is 18.6 Å². The normalized spacial score (nSPS) is 16.8. The van der Waals surface area contributed by atoms with E-state index in [4.69, 9.17) is 18.6 Å². The van der Waals surface area contributed by atoms with Crippen LogP contribution in [0.2, 0.25) is 0 Å². The summed E-state index contributed by atoms with van der Waals surface area (Å²) in [4.78, 5) is 24.8. The van der Waals surface area contributed by atoms with E-state index in [1.807, 2.05) is 30.3 Å². The molecule has 2 aliphatic rings. The highest BCUT2D eigenvalue weighted by Gasteiger charge is 2.34. The third kappa shape index (κ3) is 3.81. The maximum atomic E-state index is 12.6. The van der Waals surface area contributed by atoms with Gasteiger partial charge in [0.25, 0.3) is 0 Å². The molecular weight excluding hydrogens is 396 g/mol. The smallest absolute Gasteiger partial charge is 0.343 e. The van der Waals surface area contributed by atoms with Crippen LogP contribution in [-0.4, -0.2) is 19.2 Å². The van der Waals surface area contributed by atoms with E-state index in [0.717, 1.165) is 30.8 Å². The first-order valence-electron chi connectivity index (χ1n) is 10.4. The Balaban J connectivity index is 1.39. The zero-order valence-corrected chi connectivity index (χ0v) is 17.2. The van der Waals surface area contributed by atoms with E-state index in [0.29, 0.717) is 23.7 Å². The van der Waals surface area contributed by atoms with Crippen molar-refractivity contribution in [3.05, 3.63) is 87.0 Å². The molecule has 0 fully saturated rings. The van der Waals surface area contributed by atoms with Gasteiger partial charge in [0.2, 0.25) is 0 Å². The minimum absolute atomic E-state index is 0.0615. The molecule has 5 rings (SSSR count). The molecule has 0 aliphatic carbocycles. The van der Waals surface area contributed by atoms with Gasteiger partial charge in [-0.15, -0.1) is 0 Å². The number of fused-ring (bicyclic) bond motifs is 2. The van der Waals surface area contributed by atoms with Crippen molar-refractivity contribution in [3.8, 4) is 17.2 Å². The summed E-state index contributed by atoms with van der Waals surface area (Å²) < 4.78 is 22.3. The monoisotopic (exact) mass is 418 g/mol. The first-order chi connectivity index (χ1) is 15.1. The Morgan fingerprint density at radius 3 is 2.84 bits per heavy atom. The molecule has 0 saturated heterocycles. The van der Waals surface area contributed by atoms with Crippen LogP contribution < -0.4 is 19.8 Å². The van der Waals surface area contributed by atoms with Crippen molar-refractivity contribution in [3.63, 3.8) is 0 Å². The number of hydrogen-bond acceptors (Lipinski definition) is 6. The molecule has 2 aliphatic heterocycles.